The number of carbonyl (C=O) groups is 1. The minimum absolute atomic E-state index is 0.113. The number of carbonyl (C=O) groups excluding carboxylic acids is 1. The van der Waals surface area contributed by atoms with E-state index in [2.05, 4.69) is 20.5 Å². The van der Waals surface area contributed by atoms with E-state index in [1.807, 2.05) is 26.0 Å². The maximum atomic E-state index is 12.4. The molecule has 3 N–H and O–H groups in total. The smallest absolute Gasteiger partial charge is 0.340 e. The third kappa shape index (κ3) is 3.95. The van der Waals surface area contributed by atoms with Gasteiger partial charge >= 0.3 is 5.69 Å². The Labute approximate surface area is 126 Å². The zero-order valence-electron chi connectivity index (χ0n) is 11.8. The quantitative estimate of drug-likeness (QED) is 0.786. The fraction of sp³-hybridized carbons (Fsp3) is 0.357. The number of H-pyrrole nitrogens is 2. The van der Waals surface area contributed by atoms with E-state index in [9.17, 15) is 9.59 Å². The highest BCUT2D eigenvalue weighted by atomic mass is 35.5. The number of aromatic nitrogens is 3. The van der Waals surface area contributed by atoms with Gasteiger partial charge in [0.25, 0.3) is 0 Å². The number of nitrogens with zero attached hydrogens (tertiary/aromatic N) is 1. The molecule has 0 spiro atoms. The molecule has 1 unspecified atom stereocenters. The summed E-state index contributed by atoms with van der Waals surface area (Å²) < 4.78 is 0. The second-order valence-corrected chi connectivity index (χ2v) is 5.56. The summed E-state index contributed by atoms with van der Waals surface area (Å²) in [4.78, 5) is 25.8. The molecule has 21 heavy (non-hydrogen) atoms. The molecule has 0 aliphatic heterocycles. The summed E-state index contributed by atoms with van der Waals surface area (Å²) in [5.74, 6) is 0.0640. The lowest BCUT2D eigenvalue weighted by Gasteiger charge is -2.20. The van der Waals surface area contributed by atoms with Crippen LogP contribution in [0.4, 0.5) is 0 Å². The largest absolute Gasteiger partial charge is 0.348 e. The van der Waals surface area contributed by atoms with Crippen LogP contribution in [0.3, 0.4) is 0 Å². The highest BCUT2D eigenvalue weighted by molar-refractivity contribution is 6.30. The first-order valence-electron chi connectivity index (χ1n) is 6.64. The molecule has 0 bridgehead atoms. The summed E-state index contributed by atoms with van der Waals surface area (Å²) in [5.41, 5.74) is 0.472. The average molecular weight is 309 g/mol. The topological polar surface area (TPSA) is 90.6 Å². The van der Waals surface area contributed by atoms with Crippen molar-refractivity contribution in [3.05, 3.63) is 51.2 Å². The van der Waals surface area contributed by atoms with Crippen molar-refractivity contribution in [2.75, 3.05) is 0 Å². The SMILES string of the molecule is CC(C)C(C(=O)NCc1n[nH]c(=O)[nH]1)c1cccc(Cl)c1. The summed E-state index contributed by atoms with van der Waals surface area (Å²) in [5, 5.41) is 9.38. The van der Waals surface area contributed by atoms with Gasteiger partial charge in [-0.1, -0.05) is 37.6 Å². The predicted molar refractivity (Wildman–Crippen MR) is 80.1 cm³/mol. The fourth-order valence-electron chi connectivity index (χ4n) is 2.21. The summed E-state index contributed by atoms with van der Waals surface area (Å²) in [6.07, 6.45) is 0. The Morgan fingerprint density at radius 2 is 2.19 bits per heavy atom. The molecule has 0 saturated heterocycles. The van der Waals surface area contributed by atoms with Crippen molar-refractivity contribution in [3.63, 3.8) is 0 Å². The van der Waals surface area contributed by atoms with Crippen molar-refractivity contribution in [2.45, 2.75) is 26.3 Å². The molecule has 1 aromatic carbocycles. The maximum Gasteiger partial charge on any atom is 0.340 e. The van der Waals surface area contributed by atoms with E-state index < -0.39 is 5.69 Å². The Morgan fingerprint density at radius 3 is 2.76 bits per heavy atom. The summed E-state index contributed by atoms with van der Waals surface area (Å²) in [6, 6.07) is 7.27. The summed E-state index contributed by atoms with van der Waals surface area (Å²) >= 11 is 5.99. The van der Waals surface area contributed by atoms with Gasteiger partial charge in [-0.3, -0.25) is 9.78 Å². The molecule has 0 aliphatic carbocycles. The average Bonchev–Trinajstić information content (AvgIpc) is 2.82. The van der Waals surface area contributed by atoms with Crippen LogP contribution in [-0.2, 0) is 11.3 Å². The molecule has 1 atom stereocenters. The lowest BCUT2D eigenvalue weighted by molar-refractivity contribution is -0.123. The molecule has 112 valence electrons. The monoisotopic (exact) mass is 308 g/mol. The van der Waals surface area contributed by atoms with Gasteiger partial charge in [0.15, 0.2) is 0 Å². The van der Waals surface area contributed by atoms with Crippen LogP contribution in [0.25, 0.3) is 0 Å². The van der Waals surface area contributed by atoms with Gasteiger partial charge in [0.05, 0.1) is 12.5 Å². The maximum absolute atomic E-state index is 12.4. The highest BCUT2D eigenvalue weighted by Gasteiger charge is 2.24. The Kier molecular flexibility index (Phi) is 4.80. The van der Waals surface area contributed by atoms with Gasteiger partial charge < -0.3 is 5.32 Å². The molecule has 0 aliphatic rings. The molecule has 2 aromatic rings. The minimum Gasteiger partial charge on any atom is -0.348 e. The minimum atomic E-state index is -0.394. The van der Waals surface area contributed by atoms with Crippen molar-refractivity contribution in [3.8, 4) is 0 Å². The Hall–Kier alpha value is -2.08. The Bertz CT molecular complexity index is 677. The number of nitrogens with one attached hydrogen (secondary N) is 3. The van der Waals surface area contributed by atoms with E-state index in [-0.39, 0.29) is 24.3 Å². The summed E-state index contributed by atoms with van der Waals surface area (Å²) in [7, 11) is 0. The first-order chi connectivity index (χ1) is 9.97. The number of aromatic amines is 2. The standard InChI is InChI=1S/C14H17ClN4O2/c1-8(2)12(9-4-3-5-10(15)6-9)13(20)16-7-11-17-14(21)19-18-11/h3-6,8,12H,7H2,1-2H3,(H,16,20)(H2,17,18,19,21). The van der Waals surface area contributed by atoms with Crippen LogP contribution in [0.1, 0.15) is 31.2 Å². The molecule has 1 heterocycles. The van der Waals surface area contributed by atoms with Crippen LogP contribution in [0.2, 0.25) is 5.02 Å². The number of benzene rings is 1. The highest BCUT2D eigenvalue weighted by Crippen LogP contribution is 2.26. The Balaban J connectivity index is 2.11. The van der Waals surface area contributed by atoms with E-state index in [4.69, 9.17) is 11.6 Å². The van der Waals surface area contributed by atoms with Crippen molar-refractivity contribution < 1.29 is 4.79 Å². The zero-order chi connectivity index (χ0) is 15.4. The van der Waals surface area contributed by atoms with Gasteiger partial charge in [-0.25, -0.2) is 9.89 Å². The molecule has 1 amide bonds. The number of amides is 1. The molecule has 0 fully saturated rings. The molecule has 1 aromatic heterocycles. The van der Waals surface area contributed by atoms with E-state index in [0.717, 1.165) is 5.56 Å². The van der Waals surface area contributed by atoms with E-state index in [1.165, 1.54) is 0 Å². The van der Waals surface area contributed by atoms with Crippen molar-refractivity contribution in [1.82, 2.24) is 20.5 Å². The third-order valence-electron chi connectivity index (χ3n) is 3.14. The van der Waals surface area contributed by atoms with Gasteiger partial charge in [-0.05, 0) is 23.6 Å². The molecular weight excluding hydrogens is 292 g/mol. The van der Waals surface area contributed by atoms with Crippen molar-refractivity contribution in [2.24, 2.45) is 5.92 Å². The lowest BCUT2D eigenvalue weighted by atomic mass is 9.87. The van der Waals surface area contributed by atoms with Gasteiger partial charge in [-0.2, -0.15) is 5.10 Å². The Morgan fingerprint density at radius 1 is 1.43 bits per heavy atom. The van der Waals surface area contributed by atoms with Crippen molar-refractivity contribution in [1.29, 1.82) is 0 Å². The second kappa shape index (κ2) is 6.58. The van der Waals surface area contributed by atoms with Crippen molar-refractivity contribution >= 4 is 17.5 Å². The van der Waals surface area contributed by atoms with Crippen LogP contribution in [0, 0.1) is 5.92 Å². The molecule has 7 heteroatoms. The third-order valence-corrected chi connectivity index (χ3v) is 3.37. The first-order valence-corrected chi connectivity index (χ1v) is 7.02. The lowest BCUT2D eigenvalue weighted by Crippen LogP contribution is -2.32. The number of halogens is 1. The van der Waals surface area contributed by atoms with Crippen LogP contribution in [0.5, 0.6) is 0 Å². The van der Waals surface area contributed by atoms with Crippen LogP contribution in [0.15, 0.2) is 29.1 Å². The van der Waals surface area contributed by atoms with Gasteiger partial charge in [-0.15, -0.1) is 0 Å². The number of hydrogen-bond acceptors (Lipinski definition) is 3. The molecule has 0 radical (unpaired) electrons. The van der Waals surface area contributed by atoms with E-state index in [1.54, 1.807) is 12.1 Å². The van der Waals surface area contributed by atoms with Gasteiger partial charge in [0, 0.05) is 5.02 Å². The van der Waals surface area contributed by atoms with E-state index >= 15 is 0 Å². The first kappa shape index (κ1) is 15.3. The molecule has 0 saturated carbocycles. The normalized spacial score (nSPS) is 12.4. The number of rotatable bonds is 5. The van der Waals surface area contributed by atoms with Gasteiger partial charge in [0.2, 0.25) is 5.91 Å². The predicted octanol–water partition coefficient (Wildman–Crippen LogP) is 1.81. The fourth-order valence-corrected chi connectivity index (χ4v) is 2.41. The van der Waals surface area contributed by atoms with Crippen LogP contribution < -0.4 is 11.0 Å². The summed E-state index contributed by atoms with van der Waals surface area (Å²) in [6.45, 7) is 4.12. The molecule has 6 nitrogen and oxygen atoms in total. The van der Waals surface area contributed by atoms with Gasteiger partial charge in [0.1, 0.15) is 5.82 Å². The number of hydrogen-bond donors (Lipinski definition) is 3. The van der Waals surface area contributed by atoms with E-state index in [0.29, 0.717) is 10.8 Å². The van der Waals surface area contributed by atoms with Crippen LogP contribution >= 0.6 is 11.6 Å². The zero-order valence-corrected chi connectivity index (χ0v) is 12.6. The molecule has 2 rings (SSSR count). The molecular formula is C14H17ClN4O2. The van der Waals surface area contributed by atoms with Crippen LogP contribution in [-0.4, -0.2) is 21.1 Å². The second-order valence-electron chi connectivity index (χ2n) is 5.12.